The Morgan fingerprint density at radius 2 is 1.95 bits per heavy atom. The van der Waals surface area contributed by atoms with E-state index in [2.05, 4.69) is 6.92 Å². The van der Waals surface area contributed by atoms with Gasteiger partial charge in [-0.1, -0.05) is 25.5 Å². The molecule has 0 atom stereocenters. The zero-order valence-corrected chi connectivity index (χ0v) is 12.5. The van der Waals surface area contributed by atoms with E-state index >= 15 is 0 Å². The standard InChI is InChI=1S/C15H16N2O3S/c1-2-3-9-17-12-7-8-13(21(16,19)20)10-5-4-6-11(14(10)12)15(17)18/h4-8H,2-3,9H2,1H3,(H2,16,19,20). The van der Waals surface area contributed by atoms with E-state index in [0.29, 0.717) is 22.9 Å². The van der Waals surface area contributed by atoms with Crippen LogP contribution in [0.3, 0.4) is 0 Å². The number of sulfonamides is 1. The molecule has 0 fully saturated rings. The van der Waals surface area contributed by atoms with Crippen LogP contribution in [0.5, 0.6) is 0 Å². The fourth-order valence-corrected chi connectivity index (χ4v) is 3.54. The number of primary sulfonamides is 1. The lowest BCUT2D eigenvalue weighted by Gasteiger charge is -2.17. The molecule has 2 aromatic carbocycles. The first-order valence-electron chi connectivity index (χ1n) is 6.85. The second-order valence-corrected chi connectivity index (χ2v) is 6.70. The number of nitrogens with two attached hydrogens (primary N) is 1. The number of anilines is 1. The summed E-state index contributed by atoms with van der Waals surface area (Å²) in [6, 6.07) is 8.27. The van der Waals surface area contributed by atoms with Crippen LogP contribution < -0.4 is 10.0 Å². The molecule has 5 nitrogen and oxygen atoms in total. The largest absolute Gasteiger partial charge is 0.308 e. The van der Waals surface area contributed by atoms with Crippen LogP contribution in [0.1, 0.15) is 30.1 Å². The normalized spacial score (nSPS) is 14.2. The number of hydrogen-bond donors (Lipinski definition) is 1. The Hall–Kier alpha value is -1.92. The lowest BCUT2D eigenvalue weighted by molar-refractivity contribution is 0.0993. The third kappa shape index (κ3) is 2.11. The molecule has 0 aromatic heterocycles. The molecule has 0 aliphatic carbocycles. The van der Waals surface area contributed by atoms with Crippen molar-refractivity contribution in [3.05, 3.63) is 35.9 Å². The van der Waals surface area contributed by atoms with E-state index in [1.165, 1.54) is 6.07 Å². The van der Waals surface area contributed by atoms with E-state index in [9.17, 15) is 13.2 Å². The van der Waals surface area contributed by atoms with Gasteiger partial charge in [0.1, 0.15) is 0 Å². The van der Waals surface area contributed by atoms with E-state index in [1.807, 2.05) is 0 Å². The molecule has 0 spiro atoms. The Morgan fingerprint density at radius 1 is 1.19 bits per heavy atom. The lowest BCUT2D eigenvalue weighted by atomic mass is 10.1. The highest BCUT2D eigenvalue weighted by atomic mass is 32.2. The van der Waals surface area contributed by atoms with E-state index < -0.39 is 10.0 Å². The molecule has 110 valence electrons. The van der Waals surface area contributed by atoms with E-state index in [0.717, 1.165) is 18.5 Å². The van der Waals surface area contributed by atoms with Gasteiger partial charge in [0.15, 0.2) is 0 Å². The Balaban J connectivity index is 2.28. The van der Waals surface area contributed by atoms with Crippen molar-refractivity contribution in [2.45, 2.75) is 24.7 Å². The van der Waals surface area contributed by atoms with Crippen LogP contribution in [-0.4, -0.2) is 20.9 Å². The fraction of sp³-hybridized carbons (Fsp3) is 0.267. The molecule has 1 heterocycles. The lowest BCUT2D eigenvalue weighted by Crippen LogP contribution is -2.27. The van der Waals surface area contributed by atoms with Crippen LogP contribution in [0, 0.1) is 0 Å². The highest BCUT2D eigenvalue weighted by molar-refractivity contribution is 7.89. The highest BCUT2D eigenvalue weighted by Crippen LogP contribution is 2.39. The van der Waals surface area contributed by atoms with Crippen molar-refractivity contribution in [1.29, 1.82) is 0 Å². The van der Waals surface area contributed by atoms with Gasteiger partial charge in [-0.3, -0.25) is 4.79 Å². The number of carbonyl (C=O) groups excluding carboxylic acids is 1. The predicted molar refractivity (Wildman–Crippen MR) is 81.9 cm³/mol. The van der Waals surface area contributed by atoms with Crippen LogP contribution >= 0.6 is 0 Å². The highest BCUT2D eigenvalue weighted by Gasteiger charge is 2.31. The van der Waals surface area contributed by atoms with Crippen LogP contribution in [0.4, 0.5) is 5.69 Å². The number of nitrogens with zero attached hydrogens (tertiary/aromatic N) is 1. The Morgan fingerprint density at radius 3 is 2.62 bits per heavy atom. The van der Waals surface area contributed by atoms with Crippen LogP contribution in [-0.2, 0) is 10.0 Å². The average molecular weight is 304 g/mol. The van der Waals surface area contributed by atoms with Crippen molar-refractivity contribution in [1.82, 2.24) is 0 Å². The summed E-state index contributed by atoms with van der Waals surface area (Å²) in [5.41, 5.74) is 1.32. The molecule has 2 N–H and O–H groups in total. The van der Waals surface area contributed by atoms with Gasteiger partial charge >= 0.3 is 0 Å². The summed E-state index contributed by atoms with van der Waals surface area (Å²) >= 11 is 0. The van der Waals surface area contributed by atoms with Crippen molar-refractivity contribution in [2.24, 2.45) is 5.14 Å². The molecule has 6 heteroatoms. The zero-order chi connectivity index (χ0) is 15.2. The monoisotopic (exact) mass is 304 g/mol. The van der Waals surface area contributed by atoms with Crippen molar-refractivity contribution >= 4 is 32.4 Å². The number of carbonyl (C=O) groups is 1. The average Bonchev–Trinajstić information content (AvgIpc) is 2.71. The van der Waals surface area contributed by atoms with Gasteiger partial charge in [-0.15, -0.1) is 0 Å². The molecule has 1 aliphatic rings. The third-order valence-corrected chi connectivity index (χ3v) is 4.76. The van der Waals surface area contributed by atoms with Crippen LogP contribution in [0.15, 0.2) is 35.2 Å². The molecule has 2 aromatic rings. The van der Waals surface area contributed by atoms with Gasteiger partial charge in [0.25, 0.3) is 5.91 Å². The number of rotatable bonds is 4. The molecule has 3 rings (SSSR count). The summed E-state index contributed by atoms with van der Waals surface area (Å²) in [5, 5.41) is 6.47. The van der Waals surface area contributed by atoms with Gasteiger partial charge in [-0.2, -0.15) is 0 Å². The Kier molecular flexibility index (Phi) is 3.22. The Bertz CT molecular complexity index is 843. The second kappa shape index (κ2) is 4.82. The topological polar surface area (TPSA) is 80.5 Å². The smallest absolute Gasteiger partial charge is 0.258 e. The van der Waals surface area contributed by atoms with Gasteiger partial charge in [-0.25, -0.2) is 13.6 Å². The summed E-state index contributed by atoms with van der Waals surface area (Å²) < 4.78 is 23.4. The summed E-state index contributed by atoms with van der Waals surface area (Å²) in [4.78, 5) is 14.3. The van der Waals surface area contributed by atoms with Gasteiger partial charge in [0.05, 0.1) is 10.6 Å². The molecule has 0 saturated heterocycles. The first kappa shape index (κ1) is 14.0. The molecular weight excluding hydrogens is 288 g/mol. The minimum Gasteiger partial charge on any atom is -0.308 e. The maximum atomic E-state index is 12.5. The maximum absolute atomic E-state index is 12.5. The zero-order valence-electron chi connectivity index (χ0n) is 11.7. The third-order valence-electron chi connectivity index (χ3n) is 3.79. The fourth-order valence-electron chi connectivity index (χ4n) is 2.81. The second-order valence-electron chi connectivity index (χ2n) is 5.17. The van der Waals surface area contributed by atoms with E-state index in [-0.39, 0.29) is 10.8 Å². The van der Waals surface area contributed by atoms with Crippen molar-refractivity contribution < 1.29 is 13.2 Å². The summed E-state index contributed by atoms with van der Waals surface area (Å²) in [6.45, 7) is 2.70. The minimum absolute atomic E-state index is 0.0632. The molecule has 21 heavy (non-hydrogen) atoms. The van der Waals surface area contributed by atoms with Crippen LogP contribution in [0.25, 0.3) is 10.8 Å². The summed E-state index contributed by atoms with van der Waals surface area (Å²) in [6.07, 6.45) is 1.89. The van der Waals surface area contributed by atoms with E-state index in [4.69, 9.17) is 5.14 Å². The minimum atomic E-state index is -3.82. The number of amides is 1. The Labute approximate surface area is 123 Å². The molecular formula is C15H16N2O3S. The van der Waals surface area contributed by atoms with Crippen molar-refractivity contribution in [3.63, 3.8) is 0 Å². The van der Waals surface area contributed by atoms with E-state index in [1.54, 1.807) is 29.2 Å². The summed E-state index contributed by atoms with van der Waals surface area (Å²) in [5.74, 6) is -0.0735. The van der Waals surface area contributed by atoms with Gasteiger partial charge < -0.3 is 4.90 Å². The molecule has 1 aliphatic heterocycles. The number of unbranched alkanes of at least 4 members (excludes halogenated alkanes) is 1. The van der Waals surface area contributed by atoms with Gasteiger partial charge in [0, 0.05) is 22.9 Å². The SMILES string of the molecule is CCCCN1C(=O)c2cccc3c(S(N)(=O)=O)ccc1c23. The quantitative estimate of drug-likeness (QED) is 0.940. The number of benzene rings is 2. The number of hydrogen-bond acceptors (Lipinski definition) is 3. The van der Waals surface area contributed by atoms with Crippen molar-refractivity contribution in [2.75, 3.05) is 11.4 Å². The molecule has 0 saturated carbocycles. The van der Waals surface area contributed by atoms with Crippen LogP contribution in [0.2, 0.25) is 0 Å². The van der Waals surface area contributed by atoms with Crippen molar-refractivity contribution in [3.8, 4) is 0 Å². The molecule has 0 radical (unpaired) electrons. The molecule has 1 amide bonds. The maximum Gasteiger partial charge on any atom is 0.258 e. The van der Waals surface area contributed by atoms with Gasteiger partial charge in [-0.05, 0) is 24.6 Å². The first-order chi connectivity index (χ1) is 9.95. The molecule has 0 bridgehead atoms. The molecule has 0 unspecified atom stereocenters. The summed E-state index contributed by atoms with van der Waals surface area (Å²) in [7, 11) is -3.82. The van der Waals surface area contributed by atoms with Gasteiger partial charge in [0.2, 0.25) is 10.0 Å². The first-order valence-corrected chi connectivity index (χ1v) is 8.40. The predicted octanol–water partition coefficient (Wildman–Crippen LogP) is 2.25.